The van der Waals surface area contributed by atoms with Crippen molar-refractivity contribution in [3.8, 4) is 0 Å². The lowest BCUT2D eigenvalue weighted by atomic mass is 10.3. The molecule has 0 unspecified atom stereocenters. The summed E-state index contributed by atoms with van der Waals surface area (Å²) in [7, 11) is 0. The van der Waals surface area contributed by atoms with E-state index in [0.717, 1.165) is 11.1 Å². The summed E-state index contributed by atoms with van der Waals surface area (Å²) in [5.41, 5.74) is 4.93. The number of nitrogens with one attached hydrogen (secondary N) is 2. The van der Waals surface area contributed by atoms with Gasteiger partial charge in [0.2, 0.25) is 0 Å². The van der Waals surface area contributed by atoms with Gasteiger partial charge in [-0.2, -0.15) is 0 Å². The molecule has 2 aromatic rings. The van der Waals surface area contributed by atoms with E-state index in [-0.39, 0.29) is 5.91 Å². The monoisotopic (exact) mass is 275 g/mol. The number of H-pyrrole nitrogens is 1. The molecule has 7 heteroatoms. The Balaban J connectivity index is 1.82. The van der Waals surface area contributed by atoms with Crippen LogP contribution in [0.2, 0.25) is 0 Å². The van der Waals surface area contributed by atoms with Crippen LogP contribution in [0.15, 0.2) is 6.07 Å². The number of hydrazine groups is 1. The molecular weight excluding hydrogens is 258 g/mol. The van der Waals surface area contributed by atoms with Crippen molar-refractivity contribution in [3.63, 3.8) is 0 Å². The number of aromatic nitrogens is 3. The Kier molecular flexibility index (Phi) is 3.37. The fraction of sp³-hybridized carbons (Fsp3) is 0.462. The van der Waals surface area contributed by atoms with Gasteiger partial charge >= 0.3 is 0 Å². The number of carbonyl (C=O) groups is 1. The van der Waals surface area contributed by atoms with Gasteiger partial charge in [0.15, 0.2) is 0 Å². The van der Waals surface area contributed by atoms with E-state index in [0.29, 0.717) is 43.5 Å². The molecule has 1 aliphatic rings. The first-order valence-electron chi connectivity index (χ1n) is 6.61. The van der Waals surface area contributed by atoms with Crippen molar-refractivity contribution in [2.24, 2.45) is 0 Å². The van der Waals surface area contributed by atoms with Crippen LogP contribution >= 0.6 is 0 Å². The highest BCUT2D eigenvalue weighted by atomic mass is 16.5. The zero-order valence-corrected chi connectivity index (χ0v) is 11.6. The van der Waals surface area contributed by atoms with Gasteiger partial charge in [0, 0.05) is 18.5 Å². The number of aryl methyl sites for hydroxylation is 2. The molecule has 0 aliphatic carbocycles. The number of ether oxygens (including phenoxy) is 1. The number of hydrogen-bond donors (Lipinski definition) is 2. The van der Waals surface area contributed by atoms with Crippen LogP contribution in [0.5, 0.6) is 0 Å². The quantitative estimate of drug-likeness (QED) is 0.836. The van der Waals surface area contributed by atoms with Crippen LogP contribution in [0.1, 0.15) is 22.0 Å². The average Bonchev–Trinajstić information content (AvgIpc) is 2.84. The molecule has 3 heterocycles. The second-order valence-electron chi connectivity index (χ2n) is 4.84. The van der Waals surface area contributed by atoms with Crippen LogP contribution in [-0.2, 0) is 4.74 Å². The third-order valence-corrected chi connectivity index (χ3v) is 3.31. The molecule has 1 amide bonds. The number of rotatable bonds is 2. The third kappa shape index (κ3) is 2.50. The van der Waals surface area contributed by atoms with Gasteiger partial charge in [-0.3, -0.25) is 10.2 Å². The van der Waals surface area contributed by atoms with E-state index in [1.807, 2.05) is 18.9 Å². The van der Waals surface area contributed by atoms with E-state index in [1.165, 1.54) is 0 Å². The summed E-state index contributed by atoms with van der Waals surface area (Å²) in [6.07, 6.45) is 0. The maximum atomic E-state index is 12.2. The van der Waals surface area contributed by atoms with Crippen LogP contribution in [0.4, 0.5) is 0 Å². The number of fused-ring (bicyclic) bond motifs is 1. The molecule has 0 bridgehead atoms. The molecule has 3 rings (SSSR count). The number of carbonyl (C=O) groups excluding carboxylic acids is 1. The van der Waals surface area contributed by atoms with Gasteiger partial charge in [-0.15, -0.1) is 0 Å². The third-order valence-electron chi connectivity index (χ3n) is 3.31. The Morgan fingerprint density at radius 2 is 2.10 bits per heavy atom. The molecule has 0 atom stereocenters. The molecule has 20 heavy (non-hydrogen) atoms. The van der Waals surface area contributed by atoms with E-state index in [4.69, 9.17) is 4.74 Å². The van der Waals surface area contributed by atoms with E-state index < -0.39 is 0 Å². The largest absolute Gasteiger partial charge is 0.379 e. The van der Waals surface area contributed by atoms with E-state index in [1.54, 1.807) is 6.07 Å². The summed E-state index contributed by atoms with van der Waals surface area (Å²) < 4.78 is 5.24. The molecule has 0 saturated carbocycles. The first kappa shape index (κ1) is 13.0. The van der Waals surface area contributed by atoms with Crippen molar-refractivity contribution < 1.29 is 9.53 Å². The van der Waals surface area contributed by atoms with Crippen LogP contribution in [0, 0.1) is 13.8 Å². The number of nitrogens with zero attached hydrogens (tertiary/aromatic N) is 3. The number of morpholine rings is 1. The zero-order chi connectivity index (χ0) is 14.1. The van der Waals surface area contributed by atoms with Gasteiger partial charge in [-0.05, 0) is 19.9 Å². The van der Waals surface area contributed by atoms with Crippen LogP contribution in [0.3, 0.4) is 0 Å². The molecule has 7 nitrogen and oxygen atoms in total. The SMILES string of the molecule is Cc1nc(C)c2cc(C(=O)NN3CCOCC3)[nH]c2n1. The maximum absolute atomic E-state index is 12.2. The molecular formula is C13H17N5O2. The molecule has 0 aromatic carbocycles. The van der Waals surface area contributed by atoms with Gasteiger partial charge in [0.25, 0.3) is 5.91 Å². The van der Waals surface area contributed by atoms with Gasteiger partial charge in [0.1, 0.15) is 17.2 Å². The normalized spacial score (nSPS) is 16.5. The van der Waals surface area contributed by atoms with Crippen molar-refractivity contribution >= 4 is 16.9 Å². The predicted octanol–water partition coefficient (Wildman–Crippen LogP) is 0.552. The summed E-state index contributed by atoms with van der Waals surface area (Å²) in [5.74, 6) is 0.527. The Labute approximate surface area is 116 Å². The molecule has 0 spiro atoms. The van der Waals surface area contributed by atoms with Gasteiger partial charge in [-0.1, -0.05) is 0 Å². The minimum Gasteiger partial charge on any atom is -0.379 e. The van der Waals surface area contributed by atoms with Crippen LogP contribution in [0.25, 0.3) is 11.0 Å². The van der Waals surface area contributed by atoms with E-state index in [9.17, 15) is 4.79 Å². The number of amides is 1. The molecule has 1 fully saturated rings. The van der Waals surface area contributed by atoms with E-state index >= 15 is 0 Å². The summed E-state index contributed by atoms with van der Waals surface area (Å²) in [6, 6.07) is 1.79. The van der Waals surface area contributed by atoms with E-state index in [2.05, 4.69) is 20.4 Å². The Morgan fingerprint density at radius 1 is 1.35 bits per heavy atom. The smallest absolute Gasteiger partial charge is 0.282 e. The Bertz CT molecular complexity index is 645. The molecule has 1 saturated heterocycles. The fourth-order valence-electron chi connectivity index (χ4n) is 2.30. The first-order chi connectivity index (χ1) is 9.63. The van der Waals surface area contributed by atoms with Crippen molar-refractivity contribution in [1.82, 2.24) is 25.4 Å². The molecule has 2 N–H and O–H groups in total. The lowest BCUT2D eigenvalue weighted by Crippen LogP contribution is -2.48. The molecule has 1 aliphatic heterocycles. The van der Waals surface area contributed by atoms with Crippen molar-refractivity contribution in [2.45, 2.75) is 13.8 Å². The maximum Gasteiger partial charge on any atom is 0.282 e. The lowest BCUT2D eigenvalue weighted by Gasteiger charge is -2.26. The second kappa shape index (κ2) is 5.18. The number of aromatic amines is 1. The molecule has 106 valence electrons. The van der Waals surface area contributed by atoms with Crippen LogP contribution < -0.4 is 5.43 Å². The highest BCUT2D eigenvalue weighted by Crippen LogP contribution is 2.16. The van der Waals surface area contributed by atoms with Crippen molar-refractivity contribution in [2.75, 3.05) is 26.3 Å². The predicted molar refractivity (Wildman–Crippen MR) is 73.2 cm³/mol. The zero-order valence-electron chi connectivity index (χ0n) is 11.6. The van der Waals surface area contributed by atoms with Gasteiger partial charge in [0.05, 0.1) is 18.9 Å². The lowest BCUT2D eigenvalue weighted by molar-refractivity contribution is 0.0125. The highest BCUT2D eigenvalue weighted by Gasteiger charge is 2.17. The summed E-state index contributed by atoms with van der Waals surface area (Å²) >= 11 is 0. The minimum absolute atomic E-state index is 0.165. The summed E-state index contributed by atoms with van der Waals surface area (Å²) in [4.78, 5) is 23.9. The van der Waals surface area contributed by atoms with Crippen molar-refractivity contribution in [3.05, 3.63) is 23.3 Å². The Hall–Kier alpha value is -1.99. The van der Waals surface area contributed by atoms with Crippen LogP contribution in [-0.4, -0.2) is 52.2 Å². The molecule has 2 aromatic heterocycles. The second-order valence-corrected chi connectivity index (χ2v) is 4.84. The Morgan fingerprint density at radius 3 is 2.85 bits per heavy atom. The molecule has 0 radical (unpaired) electrons. The van der Waals surface area contributed by atoms with Gasteiger partial charge < -0.3 is 9.72 Å². The fourth-order valence-corrected chi connectivity index (χ4v) is 2.30. The standard InChI is InChI=1S/C13H17N5O2/c1-8-10-7-11(16-12(10)15-9(2)14-8)13(19)17-18-3-5-20-6-4-18/h7H,3-6H2,1-2H3,(H,17,19)(H,14,15,16). The summed E-state index contributed by atoms with van der Waals surface area (Å²) in [6.45, 7) is 6.41. The number of hydrogen-bond acceptors (Lipinski definition) is 5. The average molecular weight is 275 g/mol. The van der Waals surface area contributed by atoms with Gasteiger partial charge in [-0.25, -0.2) is 15.0 Å². The highest BCUT2D eigenvalue weighted by molar-refractivity contribution is 5.97. The van der Waals surface area contributed by atoms with Crippen molar-refractivity contribution in [1.29, 1.82) is 0 Å². The topological polar surface area (TPSA) is 83.1 Å². The summed E-state index contributed by atoms with van der Waals surface area (Å²) in [5, 5.41) is 2.74. The minimum atomic E-state index is -0.165. The first-order valence-corrected chi connectivity index (χ1v) is 6.61.